The van der Waals surface area contributed by atoms with Crippen molar-refractivity contribution in [3.63, 3.8) is 0 Å². The molecule has 0 fully saturated rings. The zero-order valence-corrected chi connectivity index (χ0v) is 19.8. The molecular weight excluding hydrogens is 444 g/mol. The standard InChI is InChI=1S/C27H30N4O4/c1-19(32)21-8-10-23(11-9-21)30-27(34)31-25(18-20-6-4-3-5-7-20)26(33)29-17-16-28-22-12-14-24(35-2)15-13-22/h3-15,25,28H,16-18H2,1-2H3,(H,29,33)(H2,30,31,34). The average Bonchev–Trinajstić information content (AvgIpc) is 2.87. The van der Waals surface area contributed by atoms with Gasteiger partial charge in [-0.3, -0.25) is 9.59 Å². The van der Waals surface area contributed by atoms with Gasteiger partial charge in [-0.25, -0.2) is 4.79 Å². The summed E-state index contributed by atoms with van der Waals surface area (Å²) in [6, 6.07) is 22.3. The molecule has 182 valence electrons. The van der Waals surface area contributed by atoms with E-state index in [2.05, 4.69) is 21.3 Å². The lowest BCUT2D eigenvalue weighted by Crippen LogP contribution is -2.50. The topological polar surface area (TPSA) is 109 Å². The van der Waals surface area contributed by atoms with Gasteiger partial charge in [0.15, 0.2) is 5.78 Å². The number of nitrogens with one attached hydrogen (secondary N) is 4. The predicted molar refractivity (Wildman–Crippen MR) is 137 cm³/mol. The van der Waals surface area contributed by atoms with E-state index in [4.69, 9.17) is 4.74 Å². The summed E-state index contributed by atoms with van der Waals surface area (Å²) in [6.07, 6.45) is 0.343. The normalized spacial score (nSPS) is 11.1. The number of anilines is 2. The van der Waals surface area contributed by atoms with Gasteiger partial charge in [-0.1, -0.05) is 30.3 Å². The summed E-state index contributed by atoms with van der Waals surface area (Å²) in [5, 5.41) is 11.6. The second kappa shape index (κ2) is 12.8. The van der Waals surface area contributed by atoms with Gasteiger partial charge in [0.1, 0.15) is 11.8 Å². The lowest BCUT2D eigenvalue weighted by atomic mass is 10.1. The Hall–Kier alpha value is -4.33. The summed E-state index contributed by atoms with van der Waals surface area (Å²) in [6.45, 7) is 2.38. The van der Waals surface area contributed by atoms with Crippen molar-refractivity contribution < 1.29 is 19.1 Å². The van der Waals surface area contributed by atoms with Crippen LogP contribution >= 0.6 is 0 Å². The van der Waals surface area contributed by atoms with Crippen molar-refractivity contribution in [2.45, 2.75) is 19.4 Å². The van der Waals surface area contributed by atoms with Gasteiger partial charge in [0.25, 0.3) is 0 Å². The molecule has 1 atom stereocenters. The third-order valence-corrected chi connectivity index (χ3v) is 5.30. The summed E-state index contributed by atoms with van der Waals surface area (Å²) >= 11 is 0. The van der Waals surface area contributed by atoms with Crippen LogP contribution in [0.25, 0.3) is 0 Å². The molecular formula is C27H30N4O4. The molecule has 3 aromatic carbocycles. The van der Waals surface area contributed by atoms with Crippen LogP contribution in [-0.4, -0.2) is 44.0 Å². The van der Waals surface area contributed by atoms with Crippen LogP contribution in [0.1, 0.15) is 22.8 Å². The van der Waals surface area contributed by atoms with Crippen LogP contribution in [0.2, 0.25) is 0 Å². The second-order valence-corrected chi connectivity index (χ2v) is 7.92. The molecule has 0 heterocycles. The molecule has 0 aromatic heterocycles. The lowest BCUT2D eigenvalue weighted by molar-refractivity contribution is -0.122. The number of hydrogen-bond acceptors (Lipinski definition) is 5. The summed E-state index contributed by atoms with van der Waals surface area (Å²) in [5.74, 6) is 0.432. The van der Waals surface area contributed by atoms with Crippen molar-refractivity contribution in [2.75, 3.05) is 30.8 Å². The van der Waals surface area contributed by atoms with Gasteiger partial charge in [-0.05, 0) is 61.0 Å². The number of ketones is 1. The van der Waals surface area contributed by atoms with E-state index in [1.807, 2.05) is 54.6 Å². The van der Waals surface area contributed by atoms with Gasteiger partial charge in [-0.2, -0.15) is 0 Å². The number of ether oxygens (including phenoxy) is 1. The van der Waals surface area contributed by atoms with Crippen molar-refractivity contribution in [3.05, 3.63) is 90.0 Å². The highest BCUT2D eigenvalue weighted by molar-refractivity contribution is 5.96. The molecule has 35 heavy (non-hydrogen) atoms. The third-order valence-electron chi connectivity index (χ3n) is 5.30. The molecule has 0 aliphatic rings. The van der Waals surface area contributed by atoms with Crippen LogP contribution in [0.3, 0.4) is 0 Å². The molecule has 3 rings (SSSR count). The molecule has 8 nitrogen and oxygen atoms in total. The Morgan fingerprint density at radius 2 is 1.49 bits per heavy atom. The van der Waals surface area contributed by atoms with E-state index in [1.165, 1.54) is 6.92 Å². The number of carbonyl (C=O) groups is 3. The lowest BCUT2D eigenvalue weighted by Gasteiger charge is -2.19. The Balaban J connectivity index is 1.56. The molecule has 0 spiro atoms. The summed E-state index contributed by atoms with van der Waals surface area (Å²) < 4.78 is 5.15. The van der Waals surface area contributed by atoms with Gasteiger partial charge in [0, 0.05) is 36.4 Å². The molecule has 0 aliphatic heterocycles. The van der Waals surface area contributed by atoms with E-state index in [0.717, 1.165) is 17.0 Å². The highest BCUT2D eigenvalue weighted by Crippen LogP contribution is 2.14. The summed E-state index contributed by atoms with van der Waals surface area (Å²) in [4.78, 5) is 37.0. The van der Waals surface area contributed by atoms with E-state index in [-0.39, 0.29) is 11.7 Å². The van der Waals surface area contributed by atoms with Crippen molar-refractivity contribution in [1.82, 2.24) is 10.6 Å². The van der Waals surface area contributed by atoms with Crippen LogP contribution in [0, 0.1) is 0 Å². The predicted octanol–water partition coefficient (Wildman–Crippen LogP) is 3.86. The first-order chi connectivity index (χ1) is 16.9. The Morgan fingerprint density at radius 1 is 0.829 bits per heavy atom. The monoisotopic (exact) mass is 474 g/mol. The molecule has 0 saturated carbocycles. The largest absolute Gasteiger partial charge is 0.497 e. The van der Waals surface area contributed by atoms with E-state index < -0.39 is 12.1 Å². The van der Waals surface area contributed by atoms with Crippen LogP contribution in [0.4, 0.5) is 16.2 Å². The van der Waals surface area contributed by atoms with Crippen LogP contribution < -0.4 is 26.0 Å². The molecule has 8 heteroatoms. The highest BCUT2D eigenvalue weighted by Gasteiger charge is 2.21. The van der Waals surface area contributed by atoms with Crippen LogP contribution in [0.15, 0.2) is 78.9 Å². The Kier molecular flexibility index (Phi) is 9.24. The third kappa shape index (κ3) is 8.19. The van der Waals surface area contributed by atoms with Gasteiger partial charge in [-0.15, -0.1) is 0 Å². The molecule has 3 amide bonds. The number of hydrogen-bond donors (Lipinski definition) is 4. The Labute approximate surface area is 205 Å². The summed E-state index contributed by atoms with van der Waals surface area (Å²) in [5.41, 5.74) is 2.92. The van der Waals surface area contributed by atoms with Gasteiger partial charge in [0.05, 0.1) is 7.11 Å². The zero-order chi connectivity index (χ0) is 25.0. The van der Waals surface area contributed by atoms with Crippen molar-refractivity contribution in [3.8, 4) is 5.75 Å². The number of carbonyl (C=O) groups excluding carboxylic acids is 3. The van der Waals surface area contributed by atoms with E-state index in [1.54, 1.807) is 31.4 Å². The number of methoxy groups -OCH3 is 1. The maximum Gasteiger partial charge on any atom is 0.319 e. The van der Waals surface area contributed by atoms with Crippen LogP contribution in [0.5, 0.6) is 5.75 Å². The molecule has 0 bridgehead atoms. The van der Waals surface area contributed by atoms with E-state index >= 15 is 0 Å². The molecule has 0 saturated heterocycles. The number of Topliss-reactive ketones (excluding diaryl/α,β-unsaturated/α-hetero) is 1. The minimum Gasteiger partial charge on any atom is -0.497 e. The molecule has 3 aromatic rings. The van der Waals surface area contributed by atoms with Gasteiger partial charge in [0.2, 0.25) is 5.91 Å². The smallest absolute Gasteiger partial charge is 0.319 e. The fourth-order valence-corrected chi connectivity index (χ4v) is 3.40. The first kappa shape index (κ1) is 25.3. The first-order valence-electron chi connectivity index (χ1n) is 11.3. The number of benzene rings is 3. The maximum atomic E-state index is 12.9. The Morgan fingerprint density at radius 3 is 2.11 bits per heavy atom. The second-order valence-electron chi connectivity index (χ2n) is 7.92. The molecule has 0 aliphatic carbocycles. The summed E-state index contributed by atoms with van der Waals surface area (Å²) in [7, 11) is 1.61. The van der Waals surface area contributed by atoms with Crippen LogP contribution in [-0.2, 0) is 11.2 Å². The minimum atomic E-state index is -0.769. The van der Waals surface area contributed by atoms with Crippen molar-refractivity contribution in [1.29, 1.82) is 0 Å². The SMILES string of the molecule is COc1ccc(NCCNC(=O)C(Cc2ccccc2)NC(=O)Nc2ccc(C(C)=O)cc2)cc1. The minimum absolute atomic E-state index is 0.0536. The highest BCUT2D eigenvalue weighted by atomic mass is 16.5. The quantitative estimate of drug-likeness (QED) is 0.249. The first-order valence-corrected chi connectivity index (χ1v) is 11.3. The number of amides is 3. The molecule has 4 N–H and O–H groups in total. The fraction of sp³-hybridized carbons (Fsp3) is 0.222. The number of rotatable bonds is 11. The maximum absolute atomic E-state index is 12.9. The Bertz CT molecular complexity index is 1120. The zero-order valence-electron chi connectivity index (χ0n) is 19.8. The van der Waals surface area contributed by atoms with Crippen molar-refractivity contribution in [2.24, 2.45) is 0 Å². The van der Waals surface area contributed by atoms with Crippen molar-refractivity contribution >= 4 is 29.1 Å². The van der Waals surface area contributed by atoms with E-state index in [0.29, 0.717) is 30.8 Å². The average molecular weight is 475 g/mol. The molecule has 0 radical (unpaired) electrons. The van der Waals surface area contributed by atoms with E-state index in [9.17, 15) is 14.4 Å². The number of urea groups is 1. The molecule has 1 unspecified atom stereocenters. The fourth-order valence-electron chi connectivity index (χ4n) is 3.40. The van der Waals surface area contributed by atoms with Gasteiger partial charge < -0.3 is 26.0 Å². The van der Waals surface area contributed by atoms with Gasteiger partial charge >= 0.3 is 6.03 Å².